The molecule has 0 saturated carbocycles. The molecule has 31 heavy (non-hydrogen) atoms. The van der Waals surface area contributed by atoms with E-state index in [1.165, 1.54) is 0 Å². The van der Waals surface area contributed by atoms with Crippen LogP contribution in [0.3, 0.4) is 0 Å². The number of piperidine rings is 1. The molecule has 2 bridgehead atoms. The third kappa shape index (κ3) is 4.46. The molecule has 2 aliphatic heterocycles. The number of aromatic nitrogens is 1. The lowest BCUT2D eigenvalue weighted by Gasteiger charge is -2.43. The molecule has 164 valence electrons. The van der Waals surface area contributed by atoms with Crippen LogP contribution in [0.1, 0.15) is 31.9 Å². The number of carbonyl (C=O) groups excluding carboxylic acids is 2. The molecule has 2 aromatic rings. The van der Waals surface area contributed by atoms with Crippen LogP contribution >= 0.6 is 11.6 Å². The lowest BCUT2D eigenvalue weighted by molar-refractivity contribution is -0.118. The van der Waals surface area contributed by atoms with Gasteiger partial charge < -0.3 is 20.1 Å². The van der Waals surface area contributed by atoms with Crippen LogP contribution in [0.25, 0.3) is 0 Å². The van der Waals surface area contributed by atoms with Crippen molar-refractivity contribution in [2.75, 3.05) is 18.4 Å². The Morgan fingerprint density at radius 3 is 2.58 bits per heavy atom. The number of nitrogens with one attached hydrogen (secondary N) is 2. The summed E-state index contributed by atoms with van der Waals surface area (Å²) in [6.45, 7) is 5.51. The Balaban J connectivity index is 1.46. The Bertz CT molecular complexity index is 1050. The number of hydrogen-bond donors (Lipinski definition) is 2. The highest BCUT2D eigenvalue weighted by Crippen LogP contribution is 2.35. The second kappa shape index (κ2) is 8.75. The summed E-state index contributed by atoms with van der Waals surface area (Å²) in [6, 6.07) is 11.4. The van der Waals surface area contributed by atoms with Crippen LogP contribution in [0.2, 0.25) is 5.02 Å². The SMILES string of the molecule is CC(C)C(NC(=O)N1CC2CC(C1)c1cccc(=O)n1C2)C(=O)Nc1ccccc1Cl. The Kier molecular flexibility index (Phi) is 6.05. The molecule has 3 amide bonds. The molecule has 0 aliphatic carbocycles. The first-order valence-electron chi connectivity index (χ1n) is 10.6. The maximum absolute atomic E-state index is 13.1. The minimum atomic E-state index is -0.694. The second-order valence-corrected chi connectivity index (χ2v) is 9.15. The lowest BCUT2D eigenvalue weighted by Crippen LogP contribution is -2.56. The molecule has 1 saturated heterocycles. The van der Waals surface area contributed by atoms with E-state index < -0.39 is 6.04 Å². The fourth-order valence-electron chi connectivity index (χ4n) is 4.59. The van der Waals surface area contributed by atoms with Crippen molar-refractivity contribution in [2.24, 2.45) is 11.8 Å². The first kappa shape index (κ1) is 21.4. The minimum Gasteiger partial charge on any atom is -0.326 e. The van der Waals surface area contributed by atoms with E-state index in [1.807, 2.05) is 24.5 Å². The van der Waals surface area contributed by atoms with Gasteiger partial charge in [-0.25, -0.2) is 4.79 Å². The zero-order chi connectivity index (χ0) is 22.1. The van der Waals surface area contributed by atoms with Gasteiger partial charge in [-0.1, -0.05) is 43.6 Å². The van der Waals surface area contributed by atoms with Crippen molar-refractivity contribution < 1.29 is 9.59 Å². The van der Waals surface area contributed by atoms with Gasteiger partial charge in [0.25, 0.3) is 5.56 Å². The molecular weight excluding hydrogens is 416 g/mol. The van der Waals surface area contributed by atoms with Crippen LogP contribution in [-0.2, 0) is 11.3 Å². The highest BCUT2D eigenvalue weighted by atomic mass is 35.5. The summed E-state index contributed by atoms with van der Waals surface area (Å²) in [6.07, 6.45) is 0.966. The number of pyridine rings is 1. The number of benzene rings is 1. The van der Waals surface area contributed by atoms with Crippen molar-refractivity contribution in [2.45, 2.75) is 38.8 Å². The van der Waals surface area contributed by atoms with E-state index in [1.54, 1.807) is 41.3 Å². The van der Waals surface area contributed by atoms with Gasteiger partial charge in [0.1, 0.15) is 6.04 Å². The predicted molar refractivity (Wildman–Crippen MR) is 120 cm³/mol. The van der Waals surface area contributed by atoms with Gasteiger partial charge in [0, 0.05) is 37.3 Å². The molecule has 0 spiro atoms. The fourth-order valence-corrected chi connectivity index (χ4v) is 4.78. The third-order valence-corrected chi connectivity index (χ3v) is 6.46. The molecule has 7 nitrogen and oxygen atoms in total. The molecule has 1 fully saturated rings. The normalized spacial score (nSPS) is 20.7. The maximum atomic E-state index is 13.1. The number of nitrogens with zero attached hydrogens (tertiary/aromatic N) is 2. The summed E-state index contributed by atoms with van der Waals surface area (Å²) in [5.74, 6) is -0.0475. The van der Waals surface area contributed by atoms with E-state index >= 15 is 0 Å². The van der Waals surface area contributed by atoms with Crippen molar-refractivity contribution in [1.82, 2.24) is 14.8 Å². The molecule has 8 heteroatoms. The van der Waals surface area contributed by atoms with Crippen molar-refractivity contribution in [3.63, 3.8) is 0 Å². The molecule has 3 unspecified atom stereocenters. The van der Waals surface area contributed by atoms with Crippen molar-refractivity contribution >= 4 is 29.2 Å². The number of urea groups is 1. The quantitative estimate of drug-likeness (QED) is 0.762. The molecule has 4 rings (SSSR count). The first-order valence-corrected chi connectivity index (χ1v) is 11.0. The Hall–Kier alpha value is -2.80. The van der Waals surface area contributed by atoms with Crippen LogP contribution < -0.4 is 16.2 Å². The summed E-state index contributed by atoms with van der Waals surface area (Å²) < 4.78 is 1.84. The van der Waals surface area contributed by atoms with E-state index in [4.69, 9.17) is 11.6 Å². The predicted octanol–water partition coefficient (Wildman–Crippen LogP) is 3.29. The number of carbonyl (C=O) groups is 2. The highest BCUT2D eigenvalue weighted by molar-refractivity contribution is 6.33. The third-order valence-electron chi connectivity index (χ3n) is 6.13. The van der Waals surface area contributed by atoms with Gasteiger partial charge in [0.05, 0.1) is 10.7 Å². The number of para-hydroxylation sites is 1. The number of hydrogen-bond acceptors (Lipinski definition) is 3. The zero-order valence-electron chi connectivity index (χ0n) is 17.7. The highest BCUT2D eigenvalue weighted by Gasteiger charge is 2.37. The monoisotopic (exact) mass is 442 g/mol. The molecular formula is C23H27ClN4O3. The lowest BCUT2D eigenvalue weighted by atomic mass is 9.83. The summed E-state index contributed by atoms with van der Waals surface area (Å²) >= 11 is 6.15. The van der Waals surface area contributed by atoms with E-state index in [-0.39, 0.29) is 35.3 Å². The van der Waals surface area contributed by atoms with E-state index in [2.05, 4.69) is 10.6 Å². The van der Waals surface area contributed by atoms with Crippen LogP contribution in [0.5, 0.6) is 0 Å². The largest absolute Gasteiger partial charge is 0.326 e. The second-order valence-electron chi connectivity index (χ2n) is 8.74. The molecule has 1 aromatic heterocycles. The standard InChI is InChI=1S/C23H27ClN4O3/c1-14(2)21(22(30)25-18-7-4-3-6-17(18)24)26-23(31)27-11-15-10-16(13-27)19-8-5-9-20(29)28(19)12-15/h3-9,14-16,21H,10-13H2,1-2H3,(H,25,30)(H,26,31). The summed E-state index contributed by atoms with van der Waals surface area (Å²) in [7, 11) is 0. The Morgan fingerprint density at radius 2 is 1.84 bits per heavy atom. The molecule has 3 atom stereocenters. The number of halogens is 1. The fraction of sp³-hybridized carbons (Fsp3) is 0.435. The van der Waals surface area contributed by atoms with Gasteiger partial charge in [0.15, 0.2) is 0 Å². The number of fused-ring (bicyclic) bond motifs is 4. The van der Waals surface area contributed by atoms with Crippen molar-refractivity contribution in [1.29, 1.82) is 0 Å². The number of likely N-dealkylation sites (tertiary alicyclic amines) is 1. The summed E-state index contributed by atoms with van der Waals surface area (Å²) in [4.78, 5) is 39.9. The topological polar surface area (TPSA) is 83.4 Å². The average molecular weight is 443 g/mol. The summed E-state index contributed by atoms with van der Waals surface area (Å²) in [5.41, 5.74) is 1.52. The summed E-state index contributed by atoms with van der Waals surface area (Å²) in [5, 5.41) is 6.18. The van der Waals surface area contributed by atoms with Gasteiger partial charge in [0.2, 0.25) is 5.91 Å². The molecule has 3 heterocycles. The van der Waals surface area contributed by atoms with Crippen molar-refractivity contribution in [3.05, 3.63) is 63.5 Å². The number of amides is 3. The van der Waals surface area contributed by atoms with Crippen LogP contribution in [0.15, 0.2) is 47.3 Å². The van der Waals surface area contributed by atoms with Crippen molar-refractivity contribution in [3.8, 4) is 0 Å². The van der Waals surface area contributed by atoms with Crippen LogP contribution in [0, 0.1) is 11.8 Å². The van der Waals surface area contributed by atoms with Crippen LogP contribution in [0.4, 0.5) is 10.5 Å². The van der Waals surface area contributed by atoms with E-state index in [0.29, 0.717) is 30.3 Å². The smallest absolute Gasteiger partial charge is 0.318 e. The Labute approximate surface area is 186 Å². The maximum Gasteiger partial charge on any atom is 0.318 e. The minimum absolute atomic E-state index is 0.0150. The molecule has 0 radical (unpaired) electrons. The molecule has 1 aromatic carbocycles. The van der Waals surface area contributed by atoms with E-state index in [0.717, 1.165) is 12.1 Å². The van der Waals surface area contributed by atoms with Gasteiger partial charge >= 0.3 is 6.03 Å². The number of rotatable bonds is 4. The molecule has 2 N–H and O–H groups in total. The van der Waals surface area contributed by atoms with Gasteiger partial charge in [-0.15, -0.1) is 0 Å². The first-order chi connectivity index (χ1) is 14.8. The van der Waals surface area contributed by atoms with Gasteiger partial charge in [-0.3, -0.25) is 9.59 Å². The number of anilines is 1. The van der Waals surface area contributed by atoms with E-state index in [9.17, 15) is 14.4 Å². The van der Waals surface area contributed by atoms with Gasteiger partial charge in [-0.2, -0.15) is 0 Å². The average Bonchev–Trinajstić information content (AvgIpc) is 2.74. The zero-order valence-corrected chi connectivity index (χ0v) is 18.4. The van der Waals surface area contributed by atoms with Gasteiger partial charge in [-0.05, 0) is 36.5 Å². The molecule has 2 aliphatic rings. The van der Waals surface area contributed by atoms with Crippen LogP contribution in [-0.4, -0.2) is 40.5 Å². The Morgan fingerprint density at radius 1 is 1.06 bits per heavy atom.